The van der Waals surface area contributed by atoms with Crippen LogP contribution in [0.4, 0.5) is 0 Å². The van der Waals surface area contributed by atoms with Gasteiger partial charge in [0.15, 0.2) is 0 Å². The number of rotatable bonds is 6. The van der Waals surface area contributed by atoms with Crippen LogP contribution in [0.25, 0.3) is 0 Å². The van der Waals surface area contributed by atoms with E-state index in [0.717, 1.165) is 6.61 Å². The van der Waals surface area contributed by atoms with Gasteiger partial charge in [0, 0.05) is 24.0 Å². The number of esters is 2. The first-order chi connectivity index (χ1) is 9.31. The van der Waals surface area contributed by atoms with Crippen LogP contribution >= 0.6 is 0 Å². The summed E-state index contributed by atoms with van der Waals surface area (Å²) in [5.41, 5.74) is 0.794. The van der Waals surface area contributed by atoms with E-state index >= 15 is 0 Å². The number of hydrogen-bond acceptors (Lipinski definition) is 6. The standard InChI is InChI=1S/C7H10O3.C7H12O3/c1-5(7(8)9-2)3-6-4-10-6;1-5(4-6(2)8)7(9)10-3/h6H,1,3-4H2,2H3;6,8H,1,4H2,2-3H3. The topological polar surface area (TPSA) is 85.4 Å². The molecule has 0 bridgehead atoms. The summed E-state index contributed by atoms with van der Waals surface area (Å²) in [6, 6.07) is 0. The predicted molar refractivity (Wildman–Crippen MR) is 73.0 cm³/mol. The van der Waals surface area contributed by atoms with E-state index in [0.29, 0.717) is 17.6 Å². The minimum atomic E-state index is -0.536. The van der Waals surface area contributed by atoms with Crippen molar-refractivity contribution < 1.29 is 28.9 Å². The average molecular weight is 286 g/mol. The van der Waals surface area contributed by atoms with Gasteiger partial charge in [0.2, 0.25) is 0 Å². The van der Waals surface area contributed by atoms with E-state index in [2.05, 4.69) is 22.6 Å². The second kappa shape index (κ2) is 9.28. The molecule has 1 rings (SSSR count). The Morgan fingerprint density at radius 3 is 2.05 bits per heavy atom. The van der Waals surface area contributed by atoms with Gasteiger partial charge in [-0.2, -0.15) is 0 Å². The molecule has 1 heterocycles. The summed E-state index contributed by atoms with van der Waals surface area (Å²) in [6.07, 6.45) is 0.553. The third-order valence-corrected chi connectivity index (χ3v) is 2.37. The third kappa shape index (κ3) is 8.44. The minimum absolute atomic E-state index is 0.214. The van der Waals surface area contributed by atoms with Gasteiger partial charge in [-0.25, -0.2) is 9.59 Å². The van der Waals surface area contributed by atoms with E-state index in [1.807, 2.05) is 0 Å². The van der Waals surface area contributed by atoms with Crippen molar-refractivity contribution in [2.75, 3.05) is 20.8 Å². The number of epoxide rings is 1. The van der Waals surface area contributed by atoms with Crippen LogP contribution in [0, 0.1) is 0 Å². The molecule has 1 aliphatic heterocycles. The van der Waals surface area contributed by atoms with Crippen molar-refractivity contribution in [1.82, 2.24) is 0 Å². The van der Waals surface area contributed by atoms with Crippen molar-refractivity contribution >= 4 is 11.9 Å². The van der Waals surface area contributed by atoms with Crippen LogP contribution in [-0.4, -0.2) is 50.1 Å². The Bertz CT molecular complexity index is 340. The maximum absolute atomic E-state index is 10.7. The van der Waals surface area contributed by atoms with Crippen molar-refractivity contribution in [3.8, 4) is 0 Å². The molecule has 0 aromatic rings. The average Bonchev–Trinajstić information content (AvgIpc) is 3.20. The molecule has 1 aliphatic rings. The number of methoxy groups -OCH3 is 2. The molecule has 114 valence electrons. The first kappa shape index (κ1) is 18.3. The normalized spacial score (nSPS) is 17.1. The van der Waals surface area contributed by atoms with Gasteiger partial charge in [-0.3, -0.25) is 0 Å². The molecule has 1 saturated heterocycles. The molecular weight excluding hydrogens is 264 g/mol. The lowest BCUT2D eigenvalue weighted by Gasteiger charge is -2.04. The van der Waals surface area contributed by atoms with Crippen LogP contribution in [0.1, 0.15) is 19.8 Å². The number of carbonyl (C=O) groups is 2. The second-order valence-electron chi connectivity index (χ2n) is 4.40. The molecule has 0 amide bonds. The summed E-state index contributed by atoms with van der Waals surface area (Å²) in [7, 11) is 2.64. The Hall–Kier alpha value is -1.66. The molecule has 6 nitrogen and oxygen atoms in total. The van der Waals surface area contributed by atoms with E-state index in [1.165, 1.54) is 14.2 Å². The summed E-state index contributed by atoms with van der Waals surface area (Å²) >= 11 is 0. The van der Waals surface area contributed by atoms with E-state index in [-0.39, 0.29) is 18.5 Å². The number of carbonyl (C=O) groups excluding carboxylic acids is 2. The lowest BCUT2D eigenvalue weighted by molar-refractivity contribution is -0.137. The minimum Gasteiger partial charge on any atom is -0.466 e. The maximum Gasteiger partial charge on any atom is 0.333 e. The third-order valence-electron chi connectivity index (χ3n) is 2.37. The zero-order valence-corrected chi connectivity index (χ0v) is 12.2. The van der Waals surface area contributed by atoms with Gasteiger partial charge >= 0.3 is 11.9 Å². The van der Waals surface area contributed by atoms with Gasteiger partial charge in [-0.05, 0) is 6.92 Å². The fraction of sp³-hybridized carbons (Fsp3) is 0.571. The molecule has 0 aromatic carbocycles. The van der Waals surface area contributed by atoms with Crippen LogP contribution in [0.15, 0.2) is 24.3 Å². The van der Waals surface area contributed by atoms with Gasteiger partial charge in [-0.15, -0.1) is 0 Å². The predicted octanol–water partition coefficient (Wildman–Crippen LogP) is 0.991. The molecule has 0 aliphatic carbocycles. The molecule has 0 saturated carbocycles. The Kier molecular flexibility index (Phi) is 8.51. The number of aliphatic hydroxyl groups excluding tert-OH is 1. The van der Waals surface area contributed by atoms with Gasteiger partial charge in [0.1, 0.15) is 0 Å². The quantitative estimate of drug-likeness (QED) is 0.445. The molecule has 0 aromatic heterocycles. The van der Waals surface area contributed by atoms with Crippen LogP contribution in [-0.2, 0) is 23.8 Å². The van der Waals surface area contributed by atoms with Crippen LogP contribution < -0.4 is 0 Å². The van der Waals surface area contributed by atoms with E-state index in [9.17, 15) is 9.59 Å². The Morgan fingerprint density at radius 2 is 1.70 bits per heavy atom. The maximum atomic E-state index is 10.7. The molecule has 0 radical (unpaired) electrons. The van der Waals surface area contributed by atoms with Gasteiger partial charge < -0.3 is 19.3 Å². The first-order valence-electron chi connectivity index (χ1n) is 6.13. The fourth-order valence-electron chi connectivity index (χ4n) is 1.27. The van der Waals surface area contributed by atoms with Crippen molar-refractivity contribution in [2.45, 2.75) is 32.0 Å². The first-order valence-corrected chi connectivity index (χ1v) is 6.13. The van der Waals surface area contributed by atoms with E-state index in [4.69, 9.17) is 9.84 Å². The Labute approximate surface area is 119 Å². The van der Waals surface area contributed by atoms with Crippen LogP contribution in [0.5, 0.6) is 0 Å². The van der Waals surface area contributed by atoms with E-state index < -0.39 is 12.1 Å². The highest BCUT2D eigenvalue weighted by atomic mass is 16.6. The molecule has 1 N–H and O–H groups in total. The molecule has 6 heteroatoms. The zero-order chi connectivity index (χ0) is 15.7. The summed E-state index contributed by atoms with van der Waals surface area (Å²) in [5.74, 6) is -0.795. The van der Waals surface area contributed by atoms with Gasteiger partial charge in [0.05, 0.1) is 33.0 Å². The number of aliphatic hydroxyl groups is 1. The summed E-state index contributed by atoms with van der Waals surface area (Å²) in [5, 5.41) is 8.80. The van der Waals surface area contributed by atoms with Gasteiger partial charge in [0.25, 0.3) is 0 Å². The Balaban J connectivity index is 0.000000361. The smallest absolute Gasteiger partial charge is 0.333 e. The van der Waals surface area contributed by atoms with Crippen molar-refractivity contribution in [3.63, 3.8) is 0 Å². The second-order valence-corrected chi connectivity index (χ2v) is 4.40. The summed E-state index contributed by atoms with van der Waals surface area (Å²) in [4.78, 5) is 21.3. The van der Waals surface area contributed by atoms with Gasteiger partial charge in [-0.1, -0.05) is 13.2 Å². The van der Waals surface area contributed by atoms with E-state index in [1.54, 1.807) is 6.92 Å². The highest BCUT2D eigenvalue weighted by molar-refractivity contribution is 5.88. The monoisotopic (exact) mass is 286 g/mol. The number of ether oxygens (including phenoxy) is 3. The van der Waals surface area contributed by atoms with Crippen molar-refractivity contribution in [3.05, 3.63) is 24.3 Å². The lowest BCUT2D eigenvalue weighted by atomic mass is 10.1. The van der Waals surface area contributed by atoms with Crippen molar-refractivity contribution in [1.29, 1.82) is 0 Å². The van der Waals surface area contributed by atoms with Crippen LogP contribution in [0.2, 0.25) is 0 Å². The molecule has 20 heavy (non-hydrogen) atoms. The molecule has 1 fully saturated rings. The van der Waals surface area contributed by atoms with Crippen LogP contribution in [0.3, 0.4) is 0 Å². The lowest BCUT2D eigenvalue weighted by Crippen LogP contribution is -2.09. The highest BCUT2D eigenvalue weighted by Gasteiger charge is 2.25. The fourth-order valence-corrected chi connectivity index (χ4v) is 1.27. The summed E-state index contributed by atoms with van der Waals surface area (Å²) in [6.45, 7) is 9.32. The molecule has 2 atom stereocenters. The summed E-state index contributed by atoms with van der Waals surface area (Å²) < 4.78 is 13.7. The zero-order valence-electron chi connectivity index (χ0n) is 12.2. The molecule has 0 spiro atoms. The molecular formula is C14H22O6. The highest BCUT2D eigenvalue weighted by Crippen LogP contribution is 2.18. The number of hydrogen-bond donors (Lipinski definition) is 1. The SMILES string of the molecule is C=C(CC(C)O)C(=O)OC.C=C(CC1CO1)C(=O)OC. The Morgan fingerprint density at radius 1 is 1.25 bits per heavy atom. The largest absolute Gasteiger partial charge is 0.466 e. The van der Waals surface area contributed by atoms with Crippen molar-refractivity contribution in [2.24, 2.45) is 0 Å². The molecule has 2 unspecified atom stereocenters.